The zero-order chi connectivity index (χ0) is 15.1. The van der Waals surface area contributed by atoms with E-state index in [0.717, 1.165) is 4.90 Å². The number of amides is 1. The smallest absolute Gasteiger partial charge is 0.230 e. The fraction of sp³-hybridized carbons (Fsp3) is 0.294. The monoisotopic (exact) mass is 300 g/mol. The van der Waals surface area contributed by atoms with Gasteiger partial charge in [-0.2, -0.15) is 0 Å². The van der Waals surface area contributed by atoms with Crippen molar-refractivity contribution in [3.05, 3.63) is 60.4 Å². The van der Waals surface area contributed by atoms with Gasteiger partial charge < -0.3 is 5.32 Å². The minimum Gasteiger partial charge on any atom is -0.352 e. The second kappa shape index (κ2) is 7.84. The molecule has 4 heteroatoms. The molecule has 1 aromatic heterocycles. The van der Waals surface area contributed by atoms with Gasteiger partial charge in [0.25, 0.3) is 0 Å². The normalized spacial score (nSPS) is 13.4. The lowest BCUT2D eigenvalue weighted by molar-refractivity contribution is -0.119. The summed E-state index contributed by atoms with van der Waals surface area (Å²) in [6, 6.07) is 14.2. The van der Waals surface area contributed by atoms with E-state index in [1.54, 1.807) is 12.4 Å². The molecular weight excluding hydrogens is 280 g/mol. The molecule has 0 unspecified atom stereocenters. The van der Waals surface area contributed by atoms with Crippen LogP contribution in [0.5, 0.6) is 0 Å². The first-order valence-corrected chi connectivity index (χ1v) is 8.02. The van der Waals surface area contributed by atoms with Crippen molar-refractivity contribution >= 4 is 17.7 Å². The zero-order valence-electron chi connectivity index (χ0n) is 12.3. The van der Waals surface area contributed by atoms with E-state index in [9.17, 15) is 4.79 Å². The molecule has 0 fully saturated rings. The standard InChI is InChI=1S/C17H20N2OS/c1-13(15-6-4-3-5-7-15)14(2)19-17(20)12-21-16-8-10-18-11-9-16/h3-11,13-14H,12H2,1-2H3,(H,19,20)/t13-,14-/m0/s1. The predicted octanol–water partition coefficient (Wildman–Crippen LogP) is 3.48. The maximum atomic E-state index is 12.0. The summed E-state index contributed by atoms with van der Waals surface area (Å²) in [6.07, 6.45) is 3.47. The SMILES string of the molecule is C[C@H](NC(=O)CSc1ccncc1)[C@H](C)c1ccccc1. The first kappa shape index (κ1) is 15.6. The number of pyridine rings is 1. The van der Waals surface area contributed by atoms with Gasteiger partial charge in [0.1, 0.15) is 0 Å². The van der Waals surface area contributed by atoms with Gasteiger partial charge in [0.2, 0.25) is 5.91 Å². The molecule has 0 spiro atoms. The molecule has 0 aliphatic rings. The van der Waals surface area contributed by atoms with Gasteiger partial charge in [-0.1, -0.05) is 37.3 Å². The van der Waals surface area contributed by atoms with Crippen LogP contribution in [0.3, 0.4) is 0 Å². The molecule has 0 saturated carbocycles. The molecule has 0 aliphatic heterocycles. The van der Waals surface area contributed by atoms with Crippen LogP contribution in [0.15, 0.2) is 59.8 Å². The van der Waals surface area contributed by atoms with Crippen molar-refractivity contribution in [2.45, 2.75) is 30.7 Å². The summed E-state index contributed by atoms with van der Waals surface area (Å²) in [5.74, 6) is 0.781. The summed E-state index contributed by atoms with van der Waals surface area (Å²) < 4.78 is 0. The number of benzene rings is 1. The molecule has 2 aromatic rings. The van der Waals surface area contributed by atoms with E-state index in [1.807, 2.05) is 37.3 Å². The minimum atomic E-state index is 0.0621. The van der Waals surface area contributed by atoms with Crippen molar-refractivity contribution in [3.63, 3.8) is 0 Å². The summed E-state index contributed by atoms with van der Waals surface area (Å²) in [5.41, 5.74) is 1.24. The van der Waals surface area contributed by atoms with Gasteiger partial charge in [-0.25, -0.2) is 0 Å². The molecule has 21 heavy (non-hydrogen) atoms. The topological polar surface area (TPSA) is 42.0 Å². The molecule has 1 N–H and O–H groups in total. The second-order valence-electron chi connectivity index (χ2n) is 5.03. The molecule has 110 valence electrons. The Hall–Kier alpha value is -1.81. The third kappa shape index (κ3) is 4.90. The van der Waals surface area contributed by atoms with E-state index >= 15 is 0 Å². The molecule has 3 nitrogen and oxygen atoms in total. The van der Waals surface area contributed by atoms with Gasteiger partial charge in [-0.3, -0.25) is 9.78 Å². The van der Waals surface area contributed by atoms with E-state index in [2.05, 4.69) is 29.4 Å². The van der Waals surface area contributed by atoms with Gasteiger partial charge in [0.15, 0.2) is 0 Å². The Morgan fingerprint density at radius 1 is 1.14 bits per heavy atom. The largest absolute Gasteiger partial charge is 0.352 e. The van der Waals surface area contributed by atoms with Gasteiger partial charge >= 0.3 is 0 Å². The molecule has 0 aliphatic carbocycles. The number of carbonyl (C=O) groups is 1. The Morgan fingerprint density at radius 3 is 2.48 bits per heavy atom. The Morgan fingerprint density at radius 2 is 1.81 bits per heavy atom. The summed E-state index contributed by atoms with van der Waals surface area (Å²) in [7, 11) is 0. The third-order valence-electron chi connectivity index (χ3n) is 3.48. The highest BCUT2D eigenvalue weighted by Gasteiger charge is 2.16. The summed E-state index contributed by atoms with van der Waals surface area (Å²) in [5, 5.41) is 3.07. The average Bonchev–Trinajstić information content (AvgIpc) is 2.54. The summed E-state index contributed by atoms with van der Waals surface area (Å²) in [4.78, 5) is 17.0. The highest BCUT2D eigenvalue weighted by Crippen LogP contribution is 2.19. The first-order chi connectivity index (χ1) is 10.2. The van der Waals surface area contributed by atoms with Crippen LogP contribution in [0.1, 0.15) is 25.3 Å². The van der Waals surface area contributed by atoms with Crippen molar-refractivity contribution in [2.24, 2.45) is 0 Å². The first-order valence-electron chi connectivity index (χ1n) is 7.04. The fourth-order valence-electron chi connectivity index (χ4n) is 2.05. The Balaban J connectivity index is 1.82. The lowest BCUT2D eigenvalue weighted by Gasteiger charge is -2.21. The van der Waals surface area contributed by atoms with Crippen molar-refractivity contribution in [1.82, 2.24) is 10.3 Å². The van der Waals surface area contributed by atoms with Crippen molar-refractivity contribution in [1.29, 1.82) is 0 Å². The van der Waals surface area contributed by atoms with E-state index in [-0.39, 0.29) is 11.9 Å². The van der Waals surface area contributed by atoms with Gasteiger partial charge in [0, 0.05) is 29.2 Å². The molecule has 2 rings (SSSR count). The maximum absolute atomic E-state index is 12.0. The summed E-state index contributed by atoms with van der Waals surface area (Å²) in [6.45, 7) is 4.18. The van der Waals surface area contributed by atoms with Crippen molar-refractivity contribution < 1.29 is 4.79 Å². The van der Waals surface area contributed by atoms with Crippen LogP contribution in [-0.2, 0) is 4.79 Å². The zero-order valence-corrected chi connectivity index (χ0v) is 13.1. The van der Waals surface area contributed by atoms with E-state index in [1.165, 1.54) is 17.3 Å². The molecule has 0 saturated heterocycles. The van der Waals surface area contributed by atoms with Crippen LogP contribution in [-0.4, -0.2) is 22.7 Å². The number of carbonyl (C=O) groups excluding carboxylic acids is 1. The van der Waals surface area contributed by atoms with E-state index in [0.29, 0.717) is 11.7 Å². The maximum Gasteiger partial charge on any atom is 0.230 e. The minimum absolute atomic E-state index is 0.0621. The fourth-order valence-corrected chi connectivity index (χ4v) is 2.74. The molecule has 0 radical (unpaired) electrons. The highest BCUT2D eigenvalue weighted by atomic mass is 32.2. The number of nitrogens with one attached hydrogen (secondary N) is 1. The van der Waals surface area contributed by atoms with Crippen LogP contribution >= 0.6 is 11.8 Å². The van der Waals surface area contributed by atoms with Gasteiger partial charge in [-0.05, 0) is 24.6 Å². The second-order valence-corrected chi connectivity index (χ2v) is 6.08. The van der Waals surface area contributed by atoms with Crippen LogP contribution in [0.4, 0.5) is 0 Å². The highest BCUT2D eigenvalue weighted by molar-refractivity contribution is 8.00. The Bertz CT molecular complexity index is 560. The number of hydrogen-bond acceptors (Lipinski definition) is 3. The molecule has 1 amide bonds. The molecule has 2 atom stereocenters. The Labute approximate surface area is 130 Å². The predicted molar refractivity (Wildman–Crippen MR) is 87.4 cm³/mol. The van der Waals surface area contributed by atoms with E-state index in [4.69, 9.17) is 0 Å². The number of nitrogens with zero attached hydrogens (tertiary/aromatic N) is 1. The van der Waals surface area contributed by atoms with Crippen molar-refractivity contribution in [3.8, 4) is 0 Å². The molecular formula is C17H20N2OS. The molecule has 1 aromatic carbocycles. The summed E-state index contributed by atoms with van der Waals surface area (Å²) >= 11 is 1.53. The Kier molecular flexibility index (Phi) is 5.81. The quantitative estimate of drug-likeness (QED) is 0.830. The van der Waals surface area contributed by atoms with Crippen LogP contribution in [0.2, 0.25) is 0 Å². The molecule has 0 bridgehead atoms. The van der Waals surface area contributed by atoms with Crippen molar-refractivity contribution in [2.75, 3.05) is 5.75 Å². The van der Waals surface area contributed by atoms with Crippen LogP contribution in [0.25, 0.3) is 0 Å². The van der Waals surface area contributed by atoms with Crippen LogP contribution in [0, 0.1) is 0 Å². The number of aromatic nitrogens is 1. The lowest BCUT2D eigenvalue weighted by Crippen LogP contribution is -2.37. The van der Waals surface area contributed by atoms with Gasteiger partial charge in [0.05, 0.1) is 5.75 Å². The average molecular weight is 300 g/mol. The third-order valence-corrected chi connectivity index (χ3v) is 4.50. The number of hydrogen-bond donors (Lipinski definition) is 1. The lowest BCUT2D eigenvalue weighted by atomic mass is 9.94. The number of thioether (sulfide) groups is 1. The van der Waals surface area contributed by atoms with E-state index < -0.39 is 0 Å². The van der Waals surface area contributed by atoms with Crippen LogP contribution < -0.4 is 5.32 Å². The molecule has 1 heterocycles. The number of rotatable bonds is 6. The van der Waals surface area contributed by atoms with Gasteiger partial charge in [-0.15, -0.1) is 11.8 Å².